The van der Waals surface area contributed by atoms with E-state index in [4.69, 9.17) is 4.52 Å². The topological polar surface area (TPSA) is 38.1 Å². The zero-order chi connectivity index (χ0) is 8.39. The van der Waals surface area contributed by atoms with Crippen LogP contribution in [0.15, 0.2) is 15.2 Å². The highest BCUT2D eigenvalue weighted by molar-refractivity contribution is 9.10. The normalized spacial score (nSPS) is 18.2. The summed E-state index contributed by atoms with van der Waals surface area (Å²) in [6, 6.07) is 1.97. The maximum absolute atomic E-state index is 5.18. The number of nitrogens with zero attached hydrogens (tertiary/aromatic N) is 1. The molecule has 0 saturated carbocycles. The first-order valence-corrected chi connectivity index (χ1v) is 4.98. The van der Waals surface area contributed by atoms with Crippen LogP contribution < -0.4 is 5.32 Å². The molecule has 2 rings (SSSR count). The van der Waals surface area contributed by atoms with Gasteiger partial charge < -0.3 is 9.84 Å². The van der Waals surface area contributed by atoms with E-state index in [1.54, 1.807) is 0 Å². The number of piperidine rings is 1. The molecule has 0 radical (unpaired) electrons. The summed E-state index contributed by atoms with van der Waals surface area (Å²) in [6.45, 7) is 2.17. The second kappa shape index (κ2) is 4.98. The summed E-state index contributed by atoms with van der Waals surface area (Å²) in [5.74, 6) is 1.58. The highest BCUT2D eigenvalue weighted by Crippen LogP contribution is 2.26. The zero-order valence-corrected chi connectivity index (χ0v) is 9.53. The number of aromatic nitrogens is 1. The zero-order valence-electron chi connectivity index (χ0n) is 7.12. The van der Waals surface area contributed by atoms with Crippen molar-refractivity contribution in [3.8, 4) is 0 Å². The van der Waals surface area contributed by atoms with Crippen LogP contribution in [0.25, 0.3) is 0 Å². The minimum Gasteiger partial charge on any atom is -0.360 e. The minimum absolute atomic E-state index is 0. The molecule has 13 heavy (non-hydrogen) atoms. The lowest BCUT2D eigenvalue weighted by molar-refractivity contribution is 0.326. The van der Waals surface area contributed by atoms with Crippen LogP contribution in [-0.2, 0) is 0 Å². The number of rotatable bonds is 1. The fourth-order valence-electron chi connectivity index (χ4n) is 1.57. The summed E-state index contributed by atoms with van der Waals surface area (Å²) in [5.41, 5.74) is 0. The number of hydrogen-bond acceptors (Lipinski definition) is 3. The van der Waals surface area contributed by atoms with E-state index in [1.807, 2.05) is 6.07 Å². The molecule has 1 saturated heterocycles. The molecule has 0 bridgehead atoms. The van der Waals surface area contributed by atoms with Crippen LogP contribution in [0.5, 0.6) is 0 Å². The second-order valence-electron chi connectivity index (χ2n) is 3.08. The number of halogens is 2. The first-order valence-electron chi connectivity index (χ1n) is 4.19. The van der Waals surface area contributed by atoms with E-state index in [9.17, 15) is 0 Å². The SMILES string of the molecule is Brc1cc(C2CCNCC2)on1.Cl. The van der Waals surface area contributed by atoms with Crippen molar-refractivity contribution in [3.63, 3.8) is 0 Å². The monoisotopic (exact) mass is 266 g/mol. The summed E-state index contributed by atoms with van der Waals surface area (Å²) in [4.78, 5) is 0. The lowest BCUT2D eigenvalue weighted by Gasteiger charge is -2.19. The molecule has 74 valence electrons. The first-order chi connectivity index (χ1) is 5.86. The van der Waals surface area contributed by atoms with Gasteiger partial charge in [0.2, 0.25) is 0 Å². The van der Waals surface area contributed by atoms with Crippen LogP contribution in [0.4, 0.5) is 0 Å². The molecule has 0 spiro atoms. The van der Waals surface area contributed by atoms with E-state index in [2.05, 4.69) is 26.4 Å². The Morgan fingerprint density at radius 3 is 2.69 bits per heavy atom. The summed E-state index contributed by atoms with van der Waals surface area (Å²) >= 11 is 3.28. The largest absolute Gasteiger partial charge is 0.360 e. The molecular weight excluding hydrogens is 255 g/mol. The molecule has 3 nitrogen and oxygen atoms in total. The smallest absolute Gasteiger partial charge is 0.149 e. The molecule has 1 aromatic rings. The Labute approximate surface area is 91.8 Å². The molecule has 0 aromatic carbocycles. The van der Waals surface area contributed by atoms with Crippen LogP contribution in [0.1, 0.15) is 24.5 Å². The van der Waals surface area contributed by atoms with Crippen molar-refractivity contribution in [2.45, 2.75) is 18.8 Å². The van der Waals surface area contributed by atoms with Gasteiger partial charge in [0.05, 0.1) is 0 Å². The Morgan fingerprint density at radius 2 is 2.15 bits per heavy atom. The third kappa shape index (κ3) is 2.69. The maximum Gasteiger partial charge on any atom is 0.149 e. The van der Waals surface area contributed by atoms with E-state index >= 15 is 0 Å². The highest BCUT2D eigenvalue weighted by Gasteiger charge is 2.18. The van der Waals surface area contributed by atoms with Gasteiger partial charge in [0.25, 0.3) is 0 Å². The van der Waals surface area contributed by atoms with E-state index in [0.29, 0.717) is 5.92 Å². The first kappa shape index (κ1) is 11.0. The van der Waals surface area contributed by atoms with Gasteiger partial charge in [0.1, 0.15) is 10.4 Å². The van der Waals surface area contributed by atoms with Crippen LogP contribution in [0.2, 0.25) is 0 Å². The molecule has 2 heterocycles. The molecule has 5 heteroatoms. The number of nitrogens with one attached hydrogen (secondary N) is 1. The highest BCUT2D eigenvalue weighted by atomic mass is 79.9. The maximum atomic E-state index is 5.18. The van der Waals surface area contributed by atoms with Crippen LogP contribution >= 0.6 is 28.3 Å². The van der Waals surface area contributed by atoms with E-state index < -0.39 is 0 Å². The molecular formula is C8H12BrClN2O. The Bertz CT molecular complexity index is 260. The van der Waals surface area contributed by atoms with Crippen LogP contribution in [0.3, 0.4) is 0 Å². The molecule has 1 aromatic heterocycles. The predicted molar refractivity (Wildman–Crippen MR) is 56.3 cm³/mol. The molecule has 0 aliphatic carbocycles. The third-order valence-corrected chi connectivity index (χ3v) is 2.61. The third-order valence-electron chi connectivity index (χ3n) is 2.24. The van der Waals surface area contributed by atoms with Crippen molar-refractivity contribution in [3.05, 3.63) is 16.4 Å². The van der Waals surface area contributed by atoms with Gasteiger partial charge in [0.15, 0.2) is 0 Å². The fraction of sp³-hybridized carbons (Fsp3) is 0.625. The van der Waals surface area contributed by atoms with Crippen molar-refractivity contribution in [2.75, 3.05) is 13.1 Å². The lowest BCUT2D eigenvalue weighted by Crippen LogP contribution is -2.26. The van der Waals surface area contributed by atoms with Gasteiger partial charge in [-0.25, -0.2) is 0 Å². The molecule has 0 unspecified atom stereocenters. The summed E-state index contributed by atoms with van der Waals surface area (Å²) in [5, 5.41) is 7.13. The van der Waals surface area contributed by atoms with Gasteiger partial charge in [-0.2, -0.15) is 0 Å². The molecule has 0 atom stereocenters. The van der Waals surface area contributed by atoms with Crippen molar-refractivity contribution in [2.24, 2.45) is 0 Å². The summed E-state index contributed by atoms with van der Waals surface area (Å²) in [6.07, 6.45) is 2.31. The standard InChI is InChI=1S/C8H11BrN2O.ClH/c9-8-5-7(12-11-8)6-1-3-10-4-2-6;/h5-6,10H,1-4H2;1H. The predicted octanol–water partition coefficient (Wildman–Crippen LogP) is 2.33. The molecule has 1 aliphatic heterocycles. The molecule has 1 aliphatic rings. The molecule has 1 N–H and O–H groups in total. The molecule has 0 amide bonds. The quantitative estimate of drug-likeness (QED) is 0.849. The van der Waals surface area contributed by atoms with Gasteiger partial charge in [-0.05, 0) is 41.9 Å². The van der Waals surface area contributed by atoms with E-state index in [-0.39, 0.29) is 12.4 Å². The Hall–Kier alpha value is -0.0600. The van der Waals surface area contributed by atoms with Gasteiger partial charge in [-0.15, -0.1) is 12.4 Å². The average molecular weight is 268 g/mol. The van der Waals surface area contributed by atoms with Gasteiger partial charge >= 0.3 is 0 Å². The Morgan fingerprint density at radius 1 is 1.46 bits per heavy atom. The van der Waals surface area contributed by atoms with Crippen molar-refractivity contribution < 1.29 is 4.52 Å². The van der Waals surface area contributed by atoms with Crippen molar-refractivity contribution >= 4 is 28.3 Å². The van der Waals surface area contributed by atoms with Gasteiger partial charge in [-0.1, -0.05) is 5.16 Å². The fourth-order valence-corrected chi connectivity index (χ4v) is 1.86. The summed E-state index contributed by atoms with van der Waals surface area (Å²) < 4.78 is 5.98. The average Bonchev–Trinajstić information content (AvgIpc) is 2.54. The Balaban J connectivity index is 0.000000845. The van der Waals surface area contributed by atoms with E-state index in [0.717, 1.165) is 36.3 Å². The van der Waals surface area contributed by atoms with Crippen molar-refractivity contribution in [1.29, 1.82) is 0 Å². The van der Waals surface area contributed by atoms with E-state index in [1.165, 1.54) is 0 Å². The minimum atomic E-state index is 0. The molecule has 1 fully saturated rings. The van der Waals surface area contributed by atoms with Gasteiger partial charge in [0, 0.05) is 12.0 Å². The second-order valence-corrected chi connectivity index (χ2v) is 3.89. The van der Waals surface area contributed by atoms with Gasteiger partial charge in [-0.3, -0.25) is 0 Å². The van der Waals surface area contributed by atoms with Crippen LogP contribution in [0, 0.1) is 0 Å². The summed E-state index contributed by atoms with van der Waals surface area (Å²) in [7, 11) is 0. The lowest BCUT2D eigenvalue weighted by atomic mass is 9.96. The van der Waals surface area contributed by atoms with Crippen LogP contribution in [-0.4, -0.2) is 18.2 Å². The number of hydrogen-bond donors (Lipinski definition) is 1. The Kier molecular flexibility index (Phi) is 4.22. The van der Waals surface area contributed by atoms with Crippen molar-refractivity contribution in [1.82, 2.24) is 10.5 Å².